The molecule has 4 heteroatoms. The van der Waals surface area contributed by atoms with Crippen molar-refractivity contribution in [2.45, 2.75) is 142 Å². The van der Waals surface area contributed by atoms with Gasteiger partial charge in [-0.25, -0.2) is 0 Å². The minimum atomic E-state index is -0.677. The Hall–Kier alpha value is -2.62. The van der Waals surface area contributed by atoms with E-state index in [0.29, 0.717) is 12.8 Å². The maximum atomic E-state index is 10.3. The predicted octanol–water partition coefficient (Wildman–Crippen LogP) is 11.3. The van der Waals surface area contributed by atoms with Gasteiger partial charge in [0.1, 0.15) is 0 Å². The smallest absolute Gasteiger partial charge is 0.303 e. The van der Waals surface area contributed by atoms with Crippen LogP contribution in [0.5, 0.6) is 0 Å². The highest BCUT2D eigenvalue weighted by Crippen LogP contribution is 2.08. The summed E-state index contributed by atoms with van der Waals surface area (Å²) in [6.45, 7) is 4.41. The summed E-state index contributed by atoms with van der Waals surface area (Å²) < 4.78 is 0. The van der Waals surface area contributed by atoms with Crippen LogP contribution in [0.15, 0.2) is 72.9 Å². The number of allylic oxidation sites excluding steroid dienone is 12. The van der Waals surface area contributed by atoms with Crippen molar-refractivity contribution in [2.75, 3.05) is 0 Å². The standard InChI is InChI=1S/2C18H30O2/c2*1-2-3-4-5-6-7-8-9-10-11-12-13-14-15-16-17-18(19)20/h2*5-10H,2-4,11-17H2,1H3,(H,19,20)/b2*6-5+,8-7+,10-9-. The number of hydrogen-bond acceptors (Lipinski definition) is 2. The van der Waals surface area contributed by atoms with E-state index in [0.717, 1.165) is 51.4 Å². The van der Waals surface area contributed by atoms with E-state index >= 15 is 0 Å². The topological polar surface area (TPSA) is 74.6 Å². The number of carbonyl (C=O) groups is 2. The first kappa shape index (κ1) is 39.5. The van der Waals surface area contributed by atoms with Crippen LogP contribution in [0.25, 0.3) is 0 Å². The minimum absolute atomic E-state index is 0.316. The quantitative estimate of drug-likeness (QED) is 0.0820. The van der Waals surface area contributed by atoms with Gasteiger partial charge in [0.05, 0.1) is 0 Å². The summed E-state index contributed by atoms with van der Waals surface area (Å²) in [6.07, 6.45) is 46.7. The maximum Gasteiger partial charge on any atom is 0.303 e. The first-order valence-electron chi connectivity index (χ1n) is 15.9. The Morgan fingerprint density at radius 1 is 0.400 bits per heavy atom. The molecule has 0 aromatic heterocycles. The average Bonchev–Trinajstić information content (AvgIpc) is 2.93. The molecule has 4 nitrogen and oxygen atoms in total. The highest BCUT2D eigenvalue weighted by Gasteiger charge is 1.96. The molecule has 0 saturated heterocycles. The molecule has 0 heterocycles. The molecular formula is C36H60O4. The lowest BCUT2D eigenvalue weighted by atomic mass is 10.1. The number of aliphatic carboxylic acids is 2. The molecule has 0 saturated carbocycles. The summed E-state index contributed by atoms with van der Waals surface area (Å²) in [4.78, 5) is 20.6. The highest BCUT2D eigenvalue weighted by atomic mass is 16.4. The van der Waals surface area contributed by atoms with Gasteiger partial charge in [0.15, 0.2) is 0 Å². The number of unbranched alkanes of at least 4 members (excludes halogenated alkanes) is 14. The Morgan fingerprint density at radius 3 is 0.975 bits per heavy atom. The summed E-state index contributed by atoms with van der Waals surface area (Å²) in [5.74, 6) is -1.35. The van der Waals surface area contributed by atoms with Crippen LogP contribution in [0.2, 0.25) is 0 Å². The molecule has 0 aromatic rings. The Labute approximate surface area is 246 Å². The van der Waals surface area contributed by atoms with Gasteiger partial charge in [-0.2, -0.15) is 0 Å². The predicted molar refractivity (Wildman–Crippen MR) is 174 cm³/mol. The molecule has 0 aliphatic heterocycles. The van der Waals surface area contributed by atoms with E-state index in [2.05, 4.69) is 86.8 Å². The van der Waals surface area contributed by atoms with Crippen LogP contribution >= 0.6 is 0 Å². The number of carboxylic acid groups (broad SMARTS) is 2. The van der Waals surface area contributed by atoms with Gasteiger partial charge >= 0.3 is 11.9 Å². The normalized spacial score (nSPS) is 12.1. The van der Waals surface area contributed by atoms with Gasteiger partial charge in [0.25, 0.3) is 0 Å². The van der Waals surface area contributed by atoms with Crippen LogP contribution < -0.4 is 0 Å². The lowest BCUT2D eigenvalue weighted by molar-refractivity contribution is -0.138. The molecule has 0 atom stereocenters. The lowest BCUT2D eigenvalue weighted by Crippen LogP contribution is -1.93. The van der Waals surface area contributed by atoms with Crippen molar-refractivity contribution < 1.29 is 19.8 Å². The molecule has 40 heavy (non-hydrogen) atoms. The summed E-state index contributed by atoms with van der Waals surface area (Å²) >= 11 is 0. The van der Waals surface area contributed by atoms with E-state index in [1.165, 1.54) is 64.2 Å². The van der Waals surface area contributed by atoms with Crippen LogP contribution in [0, 0.1) is 0 Å². The van der Waals surface area contributed by atoms with E-state index in [-0.39, 0.29) is 0 Å². The van der Waals surface area contributed by atoms with Crippen molar-refractivity contribution in [1.82, 2.24) is 0 Å². The van der Waals surface area contributed by atoms with Gasteiger partial charge in [-0.15, -0.1) is 0 Å². The zero-order valence-electron chi connectivity index (χ0n) is 25.8. The molecule has 0 spiro atoms. The SMILES string of the molecule is CCCC/C=C/C=C/C=C\CCCCCCCC(=O)O.CCCC/C=C/C=C/C=C\CCCCCCCC(=O)O. The van der Waals surface area contributed by atoms with E-state index in [1.54, 1.807) is 0 Å². The van der Waals surface area contributed by atoms with E-state index in [4.69, 9.17) is 10.2 Å². The molecule has 2 N–H and O–H groups in total. The zero-order valence-corrected chi connectivity index (χ0v) is 25.8. The van der Waals surface area contributed by atoms with E-state index < -0.39 is 11.9 Å². The molecule has 0 aliphatic rings. The van der Waals surface area contributed by atoms with Crippen molar-refractivity contribution in [3.63, 3.8) is 0 Å². The van der Waals surface area contributed by atoms with Gasteiger partial charge in [-0.1, -0.05) is 151 Å². The molecule has 0 rings (SSSR count). The van der Waals surface area contributed by atoms with Gasteiger partial charge < -0.3 is 10.2 Å². The third kappa shape index (κ3) is 42.5. The molecule has 0 radical (unpaired) electrons. The van der Waals surface area contributed by atoms with Gasteiger partial charge in [0.2, 0.25) is 0 Å². The third-order valence-electron chi connectivity index (χ3n) is 6.18. The van der Waals surface area contributed by atoms with Crippen LogP contribution in [0.4, 0.5) is 0 Å². The molecule has 0 aromatic carbocycles. The number of rotatable bonds is 26. The molecule has 0 unspecified atom stereocenters. The fourth-order valence-electron chi connectivity index (χ4n) is 3.74. The summed E-state index contributed by atoms with van der Waals surface area (Å²) in [7, 11) is 0. The molecule has 0 fully saturated rings. The first-order valence-corrected chi connectivity index (χ1v) is 15.9. The Morgan fingerprint density at radius 2 is 0.675 bits per heavy atom. The Bertz CT molecular complexity index is 663. The minimum Gasteiger partial charge on any atom is -0.481 e. The zero-order chi connectivity index (χ0) is 29.8. The number of hydrogen-bond donors (Lipinski definition) is 2. The van der Waals surface area contributed by atoms with Gasteiger partial charge in [-0.3, -0.25) is 9.59 Å². The van der Waals surface area contributed by atoms with E-state index in [1.807, 2.05) is 0 Å². The van der Waals surface area contributed by atoms with Crippen molar-refractivity contribution in [1.29, 1.82) is 0 Å². The summed E-state index contributed by atoms with van der Waals surface area (Å²) in [6, 6.07) is 0. The monoisotopic (exact) mass is 556 g/mol. The van der Waals surface area contributed by atoms with Crippen molar-refractivity contribution >= 4 is 11.9 Å². The van der Waals surface area contributed by atoms with Crippen molar-refractivity contribution in [2.24, 2.45) is 0 Å². The summed E-state index contributed by atoms with van der Waals surface area (Å²) in [5, 5.41) is 17.0. The summed E-state index contributed by atoms with van der Waals surface area (Å²) in [5.41, 5.74) is 0. The number of carboxylic acids is 2. The third-order valence-corrected chi connectivity index (χ3v) is 6.18. The fraction of sp³-hybridized carbons (Fsp3) is 0.611. The average molecular weight is 557 g/mol. The molecule has 0 amide bonds. The second-order valence-electron chi connectivity index (χ2n) is 10.2. The molecule has 0 aliphatic carbocycles. The second kappa shape index (κ2) is 36.4. The van der Waals surface area contributed by atoms with Crippen LogP contribution in [-0.2, 0) is 9.59 Å². The fourth-order valence-corrected chi connectivity index (χ4v) is 3.74. The highest BCUT2D eigenvalue weighted by molar-refractivity contribution is 5.66. The molecule has 228 valence electrons. The van der Waals surface area contributed by atoms with Crippen molar-refractivity contribution in [3.8, 4) is 0 Å². The van der Waals surface area contributed by atoms with Crippen LogP contribution in [0.3, 0.4) is 0 Å². The lowest BCUT2D eigenvalue weighted by Gasteiger charge is -1.97. The maximum absolute atomic E-state index is 10.3. The van der Waals surface area contributed by atoms with Crippen LogP contribution in [-0.4, -0.2) is 22.2 Å². The Balaban J connectivity index is 0. The largest absolute Gasteiger partial charge is 0.481 e. The van der Waals surface area contributed by atoms with Crippen molar-refractivity contribution in [3.05, 3.63) is 72.9 Å². The van der Waals surface area contributed by atoms with E-state index in [9.17, 15) is 9.59 Å². The molecule has 0 bridgehead atoms. The first-order chi connectivity index (χ1) is 19.5. The molecular weight excluding hydrogens is 496 g/mol. The van der Waals surface area contributed by atoms with Gasteiger partial charge in [0, 0.05) is 12.8 Å². The second-order valence-corrected chi connectivity index (χ2v) is 10.2. The Kier molecular flexibility index (Phi) is 35.9. The van der Waals surface area contributed by atoms with Crippen LogP contribution in [0.1, 0.15) is 142 Å². The van der Waals surface area contributed by atoms with Gasteiger partial charge in [-0.05, 0) is 51.4 Å².